The van der Waals surface area contributed by atoms with Crippen molar-refractivity contribution in [2.45, 2.75) is 44.2 Å². The molecule has 2 aliphatic rings. The van der Waals surface area contributed by atoms with E-state index in [1.165, 1.54) is 16.9 Å². The number of hydrogen-bond donors (Lipinski definition) is 1. The highest BCUT2D eigenvalue weighted by atomic mass is 19.4. The maximum absolute atomic E-state index is 14.4. The van der Waals surface area contributed by atoms with Crippen molar-refractivity contribution in [3.8, 4) is 11.1 Å². The summed E-state index contributed by atoms with van der Waals surface area (Å²) in [5.74, 6) is 0. The van der Waals surface area contributed by atoms with Gasteiger partial charge in [0.2, 0.25) is 0 Å². The van der Waals surface area contributed by atoms with E-state index >= 15 is 0 Å². The fourth-order valence-electron chi connectivity index (χ4n) is 4.60. The van der Waals surface area contributed by atoms with Crippen LogP contribution in [0.2, 0.25) is 0 Å². The molecule has 0 radical (unpaired) electrons. The molecule has 9 heteroatoms. The second-order valence-corrected chi connectivity index (χ2v) is 7.93. The molecular formula is C21H20F4N4O. The first-order valence-corrected chi connectivity index (χ1v) is 10.0. The van der Waals surface area contributed by atoms with Crippen molar-refractivity contribution in [3.05, 3.63) is 52.1 Å². The molecule has 0 unspecified atom stereocenters. The van der Waals surface area contributed by atoms with Crippen LogP contribution in [0.3, 0.4) is 0 Å². The lowest BCUT2D eigenvalue weighted by Crippen LogP contribution is -2.39. The number of rotatable bonds is 2. The minimum absolute atomic E-state index is 0.143. The SMILES string of the molecule is O=c1ccc(-c2cc(C(F)(F)F)c3nn([C@@H]4CCNC[C@@H]4F)cc3c2)c2n1CCC2. The second kappa shape index (κ2) is 6.94. The predicted molar refractivity (Wildman–Crippen MR) is 104 cm³/mol. The van der Waals surface area contributed by atoms with Crippen molar-refractivity contribution in [2.24, 2.45) is 0 Å². The number of hydrogen-bond acceptors (Lipinski definition) is 3. The fourth-order valence-corrected chi connectivity index (χ4v) is 4.60. The lowest BCUT2D eigenvalue weighted by atomic mass is 9.98. The summed E-state index contributed by atoms with van der Waals surface area (Å²) >= 11 is 0. The number of nitrogens with zero attached hydrogens (tertiary/aromatic N) is 3. The summed E-state index contributed by atoms with van der Waals surface area (Å²) in [6.45, 7) is 1.31. The predicted octanol–water partition coefficient (Wildman–Crippen LogP) is 3.70. The molecule has 3 aromatic rings. The number of piperidine rings is 1. The van der Waals surface area contributed by atoms with E-state index in [0.29, 0.717) is 42.4 Å². The highest BCUT2D eigenvalue weighted by molar-refractivity contribution is 5.88. The van der Waals surface area contributed by atoms with Gasteiger partial charge in [-0.2, -0.15) is 18.3 Å². The normalized spacial score (nSPS) is 21.9. The Morgan fingerprint density at radius 3 is 2.80 bits per heavy atom. The minimum Gasteiger partial charge on any atom is -0.314 e. The van der Waals surface area contributed by atoms with E-state index in [0.717, 1.165) is 18.2 Å². The number of alkyl halides is 4. The Labute approximate surface area is 169 Å². The number of halogens is 4. The van der Waals surface area contributed by atoms with E-state index in [2.05, 4.69) is 10.4 Å². The van der Waals surface area contributed by atoms with Crippen molar-refractivity contribution in [3.63, 3.8) is 0 Å². The third-order valence-corrected chi connectivity index (χ3v) is 6.05. The lowest BCUT2D eigenvalue weighted by molar-refractivity contribution is -0.136. The molecule has 0 saturated carbocycles. The van der Waals surface area contributed by atoms with Crippen LogP contribution in [0.5, 0.6) is 0 Å². The zero-order valence-electron chi connectivity index (χ0n) is 16.0. The van der Waals surface area contributed by atoms with Crippen LogP contribution in [0.25, 0.3) is 22.0 Å². The first kappa shape index (κ1) is 19.3. The van der Waals surface area contributed by atoms with Crippen molar-refractivity contribution in [2.75, 3.05) is 13.1 Å². The average molecular weight is 420 g/mol. The first-order chi connectivity index (χ1) is 14.3. The molecule has 5 rings (SSSR count). The Bertz CT molecular complexity index is 1180. The first-order valence-electron chi connectivity index (χ1n) is 10.0. The van der Waals surface area contributed by atoms with Crippen molar-refractivity contribution in [1.82, 2.24) is 19.7 Å². The molecule has 0 amide bonds. The number of aromatic nitrogens is 3. The van der Waals surface area contributed by atoms with Crippen LogP contribution < -0.4 is 10.9 Å². The van der Waals surface area contributed by atoms with Gasteiger partial charge in [0.05, 0.1) is 11.6 Å². The molecule has 2 atom stereocenters. The van der Waals surface area contributed by atoms with Crippen LogP contribution in [0.15, 0.2) is 35.3 Å². The van der Waals surface area contributed by atoms with E-state index in [1.54, 1.807) is 16.7 Å². The standard InChI is InChI=1S/C21H20F4N4O/c22-16-10-26-6-5-18(16)29-11-13-8-12(9-15(20(13)27-29)21(23,24)25)14-3-4-19(30)28-7-1-2-17(14)28/h3-4,8-9,11,16,18,26H,1-2,5-7,10H2/t16-,18+/m0/s1. The number of nitrogens with one attached hydrogen (secondary N) is 1. The topological polar surface area (TPSA) is 51.9 Å². The summed E-state index contributed by atoms with van der Waals surface area (Å²) in [5, 5.41) is 7.40. The molecule has 2 aromatic heterocycles. The summed E-state index contributed by atoms with van der Waals surface area (Å²) in [6, 6.07) is 5.14. The Hall–Kier alpha value is -2.68. The molecule has 158 valence electrons. The van der Waals surface area contributed by atoms with E-state index in [-0.39, 0.29) is 17.6 Å². The number of pyridine rings is 1. The van der Waals surface area contributed by atoms with Crippen LogP contribution in [-0.2, 0) is 19.1 Å². The summed E-state index contributed by atoms with van der Waals surface area (Å²) < 4.78 is 59.0. The highest BCUT2D eigenvalue weighted by Gasteiger charge is 2.36. The third kappa shape index (κ3) is 3.12. The third-order valence-electron chi connectivity index (χ3n) is 6.05. The Morgan fingerprint density at radius 1 is 1.20 bits per heavy atom. The fraction of sp³-hybridized carbons (Fsp3) is 0.429. The molecule has 4 heterocycles. The molecule has 2 aliphatic heterocycles. The van der Waals surface area contributed by atoms with Crippen LogP contribution in [0.4, 0.5) is 17.6 Å². The highest BCUT2D eigenvalue weighted by Crippen LogP contribution is 2.39. The van der Waals surface area contributed by atoms with Gasteiger partial charge >= 0.3 is 6.18 Å². The second-order valence-electron chi connectivity index (χ2n) is 7.93. The molecule has 1 N–H and O–H groups in total. The van der Waals surface area contributed by atoms with E-state index in [1.807, 2.05) is 0 Å². The van der Waals surface area contributed by atoms with Gasteiger partial charge in [0.1, 0.15) is 11.7 Å². The van der Waals surface area contributed by atoms with Gasteiger partial charge in [-0.25, -0.2) is 4.39 Å². The smallest absolute Gasteiger partial charge is 0.314 e. The average Bonchev–Trinajstić information content (AvgIpc) is 3.34. The summed E-state index contributed by atoms with van der Waals surface area (Å²) in [5.41, 5.74) is 0.600. The number of benzene rings is 1. The molecular weight excluding hydrogens is 400 g/mol. The van der Waals surface area contributed by atoms with E-state index in [9.17, 15) is 22.4 Å². The molecule has 1 saturated heterocycles. The Kier molecular flexibility index (Phi) is 4.46. The maximum Gasteiger partial charge on any atom is 0.418 e. The van der Waals surface area contributed by atoms with Gasteiger partial charge in [0.15, 0.2) is 0 Å². The molecule has 1 fully saturated rings. The van der Waals surface area contributed by atoms with Gasteiger partial charge in [-0.15, -0.1) is 0 Å². The van der Waals surface area contributed by atoms with Gasteiger partial charge in [-0.05, 0) is 49.6 Å². The van der Waals surface area contributed by atoms with Gasteiger partial charge in [0, 0.05) is 42.0 Å². The van der Waals surface area contributed by atoms with Crippen molar-refractivity contribution in [1.29, 1.82) is 0 Å². The van der Waals surface area contributed by atoms with E-state index in [4.69, 9.17) is 0 Å². The molecule has 0 spiro atoms. The van der Waals surface area contributed by atoms with Crippen molar-refractivity contribution >= 4 is 10.9 Å². The van der Waals surface area contributed by atoms with Crippen LogP contribution in [-0.4, -0.2) is 33.6 Å². The van der Waals surface area contributed by atoms with Gasteiger partial charge in [-0.3, -0.25) is 9.48 Å². The molecule has 0 bridgehead atoms. The van der Waals surface area contributed by atoms with Crippen LogP contribution in [0.1, 0.15) is 30.1 Å². The molecule has 0 aliphatic carbocycles. The monoisotopic (exact) mass is 420 g/mol. The summed E-state index contributed by atoms with van der Waals surface area (Å²) in [4.78, 5) is 12.1. The summed E-state index contributed by atoms with van der Waals surface area (Å²) in [6.07, 6.45) is -2.43. The molecule has 30 heavy (non-hydrogen) atoms. The minimum atomic E-state index is -4.61. The molecule has 5 nitrogen and oxygen atoms in total. The zero-order chi connectivity index (χ0) is 21.0. The Balaban J connectivity index is 1.70. The lowest BCUT2D eigenvalue weighted by Gasteiger charge is -2.26. The largest absolute Gasteiger partial charge is 0.418 e. The summed E-state index contributed by atoms with van der Waals surface area (Å²) in [7, 11) is 0. The molecule has 1 aromatic carbocycles. The van der Waals surface area contributed by atoms with Gasteiger partial charge in [0.25, 0.3) is 5.56 Å². The quantitative estimate of drug-likeness (QED) is 0.644. The van der Waals surface area contributed by atoms with Gasteiger partial charge in [-0.1, -0.05) is 0 Å². The van der Waals surface area contributed by atoms with Crippen LogP contribution >= 0.6 is 0 Å². The van der Waals surface area contributed by atoms with Crippen LogP contribution in [0, 0.1) is 0 Å². The number of fused-ring (bicyclic) bond motifs is 2. The van der Waals surface area contributed by atoms with Crippen molar-refractivity contribution < 1.29 is 17.6 Å². The van der Waals surface area contributed by atoms with Gasteiger partial charge < -0.3 is 9.88 Å². The van der Waals surface area contributed by atoms with E-state index < -0.39 is 24.0 Å². The Morgan fingerprint density at radius 2 is 2.03 bits per heavy atom. The zero-order valence-corrected chi connectivity index (χ0v) is 16.0. The maximum atomic E-state index is 14.4.